The van der Waals surface area contributed by atoms with E-state index in [0.29, 0.717) is 29.3 Å². The van der Waals surface area contributed by atoms with Crippen LogP contribution in [0.1, 0.15) is 50.5 Å². The molecule has 2 aliphatic carbocycles. The molecule has 1 N–H and O–H groups in total. The van der Waals surface area contributed by atoms with Crippen molar-refractivity contribution in [2.24, 2.45) is 11.8 Å². The fourth-order valence-corrected chi connectivity index (χ4v) is 6.23. The van der Waals surface area contributed by atoms with Gasteiger partial charge in [0.15, 0.2) is 5.16 Å². The number of thioether (sulfide) groups is 1. The van der Waals surface area contributed by atoms with Crippen LogP contribution >= 0.6 is 23.1 Å². The van der Waals surface area contributed by atoms with E-state index in [9.17, 15) is 9.59 Å². The number of amides is 1. The first-order chi connectivity index (χ1) is 13.0. The van der Waals surface area contributed by atoms with Crippen LogP contribution in [0.15, 0.2) is 9.95 Å². The molecular weight excluding hydrogens is 378 g/mol. The van der Waals surface area contributed by atoms with Crippen LogP contribution in [-0.2, 0) is 24.2 Å². The molecule has 0 radical (unpaired) electrons. The molecule has 7 heteroatoms. The van der Waals surface area contributed by atoms with Crippen molar-refractivity contribution in [3.8, 4) is 0 Å². The third-order valence-corrected chi connectivity index (χ3v) is 7.87. The summed E-state index contributed by atoms with van der Waals surface area (Å²) in [4.78, 5) is 32.4. The first-order valence-corrected chi connectivity index (χ1v) is 11.7. The highest BCUT2D eigenvalue weighted by molar-refractivity contribution is 7.99. The molecule has 2 aromatic heterocycles. The van der Waals surface area contributed by atoms with Gasteiger partial charge in [0.05, 0.1) is 11.1 Å². The van der Waals surface area contributed by atoms with Crippen LogP contribution in [0, 0.1) is 11.8 Å². The number of fused-ring (bicyclic) bond motifs is 3. The van der Waals surface area contributed by atoms with Crippen molar-refractivity contribution in [1.29, 1.82) is 0 Å². The summed E-state index contributed by atoms with van der Waals surface area (Å²) in [5.41, 5.74) is 1.28. The quantitative estimate of drug-likeness (QED) is 0.589. The molecule has 2 atom stereocenters. The van der Waals surface area contributed by atoms with Crippen molar-refractivity contribution in [3.05, 3.63) is 20.8 Å². The molecule has 27 heavy (non-hydrogen) atoms. The molecule has 4 rings (SSSR count). The van der Waals surface area contributed by atoms with Crippen LogP contribution in [0.5, 0.6) is 0 Å². The van der Waals surface area contributed by atoms with Crippen LogP contribution in [0.25, 0.3) is 10.2 Å². The van der Waals surface area contributed by atoms with Gasteiger partial charge >= 0.3 is 0 Å². The van der Waals surface area contributed by atoms with Crippen LogP contribution in [0.2, 0.25) is 0 Å². The number of carbonyl (C=O) groups is 1. The highest BCUT2D eigenvalue weighted by atomic mass is 32.2. The molecule has 1 fully saturated rings. The Morgan fingerprint density at radius 1 is 1.41 bits per heavy atom. The average Bonchev–Trinajstić information content (AvgIpc) is 3.41. The summed E-state index contributed by atoms with van der Waals surface area (Å²) in [6.07, 6.45) is 5.59. The number of aromatic nitrogens is 2. The molecule has 0 bridgehead atoms. The predicted octanol–water partition coefficient (Wildman–Crippen LogP) is 3.61. The Hall–Kier alpha value is -1.34. The molecule has 2 heterocycles. The Morgan fingerprint density at radius 3 is 2.89 bits per heavy atom. The molecule has 2 aliphatic rings. The van der Waals surface area contributed by atoms with E-state index < -0.39 is 0 Å². The van der Waals surface area contributed by atoms with Crippen molar-refractivity contribution in [2.45, 2.75) is 70.6 Å². The molecule has 146 valence electrons. The lowest BCUT2D eigenvalue weighted by molar-refractivity contribution is -0.119. The summed E-state index contributed by atoms with van der Waals surface area (Å²) in [7, 11) is 0. The summed E-state index contributed by atoms with van der Waals surface area (Å²) in [6, 6.07) is 0.243. The highest BCUT2D eigenvalue weighted by Gasteiger charge is 2.29. The number of nitrogens with one attached hydrogen (secondary N) is 1. The normalized spacial score (nSPS) is 20.5. The molecule has 1 amide bonds. The zero-order chi connectivity index (χ0) is 19.1. The van der Waals surface area contributed by atoms with E-state index in [-0.39, 0.29) is 17.5 Å². The lowest BCUT2D eigenvalue weighted by Crippen LogP contribution is -2.35. The monoisotopic (exact) mass is 405 g/mol. The Morgan fingerprint density at radius 2 is 2.19 bits per heavy atom. The first kappa shape index (κ1) is 19.0. The maximum absolute atomic E-state index is 13.1. The lowest BCUT2D eigenvalue weighted by atomic mass is 9.89. The third-order valence-electron chi connectivity index (χ3n) is 5.75. The second-order valence-corrected chi connectivity index (χ2v) is 9.98. The standard InChI is InChI=1S/C20H27N3O2S2/c1-4-23-19(25)17-14-8-5-11(2)9-15(14)27-18(17)22-20(23)26-10-16(24)21-12(3)13-6-7-13/h11-13H,4-10H2,1-3H3,(H,21,24)/t11-,12+/m1/s1. The van der Waals surface area contributed by atoms with Crippen molar-refractivity contribution >= 4 is 39.2 Å². The van der Waals surface area contributed by atoms with Crippen LogP contribution in [0.3, 0.4) is 0 Å². The van der Waals surface area contributed by atoms with Crippen molar-refractivity contribution < 1.29 is 4.79 Å². The molecule has 0 aliphatic heterocycles. The molecule has 0 unspecified atom stereocenters. The SMILES string of the molecule is CCn1c(SCC(=O)N[C@@H](C)C2CC2)nc2sc3c(c2c1=O)CC[C@@H](C)C3. The summed E-state index contributed by atoms with van der Waals surface area (Å²) in [5.74, 6) is 1.64. The minimum Gasteiger partial charge on any atom is -0.353 e. The third kappa shape index (κ3) is 3.81. The molecule has 0 saturated heterocycles. The molecule has 1 saturated carbocycles. The second-order valence-electron chi connectivity index (χ2n) is 7.96. The van der Waals surface area contributed by atoms with Gasteiger partial charge in [0.25, 0.3) is 5.56 Å². The van der Waals surface area contributed by atoms with Crippen LogP contribution < -0.4 is 10.9 Å². The van der Waals surface area contributed by atoms with Gasteiger partial charge in [0.1, 0.15) is 4.83 Å². The van der Waals surface area contributed by atoms with E-state index in [1.165, 1.54) is 35.0 Å². The highest BCUT2D eigenvalue weighted by Crippen LogP contribution is 2.36. The fraction of sp³-hybridized carbons (Fsp3) is 0.650. The largest absolute Gasteiger partial charge is 0.353 e. The maximum Gasteiger partial charge on any atom is 0.263 e. The zero-order valence-electron chi connectivity index (χ0n) is 16.2. The predicted molar refractivity (Wildman–Crippen MR) is 112 cm³/mol. The zero-order valence-corrected chi connectivity index (χ0v) is 17.8. The van der Waals surface area contributed by atoms with Crippen molar-refractivity contribution in [2.75, 3.05) is 5.75 Å². The van der Waals surface area contributed by atoms with E-state index in [1.54, 1.807) is 15.9 Å². The first-order valence-electron chi connectivity index (χ1n) is 9.95. The summed E-state index contributed by atoms with van der Waals surface area (Å²) < 4.78 is 1.73. The van der Waals surface area contributed by atoms with Gasteiger partial charge in [-0.25, -0.2) is 4.98 Å². The molecule has 0 spiro atoms. The Bertz CT molecular complexity index is 929. The summed E-state index contributed by atoms with van der Waals surface area (Å²) in [6.45, 7) is 6.89. The number of aryl methyl sites for hydroxylation is 1. The minimum absolute atomic E-state index is 0.0238. The van der Waals surface area contributed by atoms with Gasteiger partial charge in [-0.2, -0.15) is 0 Å². The van der Waals surface area contributed by atoms with Gasteiger partial charge in [-0.05, 0) is 63.4 Å². The molecule has 0 aromatic carbocycles. The summed E-state index contributed by atoms with van der Waals surface area (Å²) >= 11 is 3.05. The fourth-order valence-electron chi connectivity index (χ4n) is 3.93. The van der Waals surface area contributed by atoms with Gasteiger partial charge < -0.3 is 5.32 Å². The Labute approximate surface area is 167 Å². The molecule has 5 nitrogen and oxygen atoms in total. The van der Waals surface area contributed by atoms with Crippen LogP contribution in [0.4, 0.5) is 0 Å². The smallest absolute Gasteiger partial charge is 0.263 e. The van der Waals surface area contributed by atoms with Gasteiger partial charge in [0.2, 0.25) is 5.91 Å². The number of rotatable bonds is 6. The number of nitrogens with zero attached hydrogens (tertiary/aromatic N) is 2. The lowest BCUT2D eigenvalue weighted by Gasteiger charge is -2.17. The second kappa shape index (κ2) is 7.59. The number of carbonyl (C=O) groups excluding carboxylic acids is 1. The summed E-state index contributed by atoms with van der Waals surface area (Å²) in [5, 5.41) is 4.56. The Kier molecular flexibility index (Phi) is 5.34. The van der Waals surface area contributed by atoms with E-state index >= 15 is 0 Å². The topological polar surface area (TPSA) is 64.0 Å². The van der Waals surface area contributed by atoms with Crippen LogP contribution in [-0.4, -0.2) is 27.3 Å². The van der Waals surface area contributed by atoms with E-state index in [2.05, 4.69) is 19.2 Å². The van der Waals surface area contributed by atoms with E-state index in [0.717, 1.165) is 29.5 Å². The maximum atomic E-state index is 13.1. The van der Waals surface area contributed by atoms with Gasteiger partial charge in [-0.1, -0.05) is 18.7 Å². The van der Waals surface area contributed by atoms with Gasteiger partial charge in [-0.15, -0.1) is 11.3 Å². The average molecular weight is 406 g/mol. The van der Waals surface area contributed by atoms with Gasteiger partial charge in [0, 0.05) is 17.5 Å². The van der Waals surface area contributed by atoms with Crippen molar-refractivity contribution in [3.63, 3.8) is 0 Å². The van der Waals surface area contributed by atoms with Crippen molar-refractivity contribution in [1.82, 2.24) is 14.9 Å². The van der Waals surface area contributed by atoms with E-state index in [4.69, 9.17) is 4.98 Å². The van der Waals surface area contributed by atoms with Gasteiger partial charge in [-0.3, -0.25) is 14.2 Å². The number of thiophene rings is 1. The number of hydrogen-bond donors (Lipinski definition) is 1. The molecule has 2 aromatic rings. The molecular formula is C20H27N3O2S2. The number of hydrogen-bond acceptors (Lipinski definition) is 5. The minimum atomic E-state index is 0.0238. The van der Waals surface area contributed by atoms with E-state index in [1.807, 2.05) is 6.92 Å². The Balaban J connectivity index is 1.58.